The van der Waals surface area contributed by atoms with Crippen LogP contribution in [0.15, 0.2) is 83.8 Å². The molecule has 3 aromatic rings. The van der Waals surface area contributed by atoms with E-state index in [9.17, 15) is 17.6 Å². The summed E-state index contributed by atoms with van der Waals surface area (Å²) in [4.78, 5) is 12.9. The molecule has 0 saturated heterocycles. The first-order valence-corrected chi connectivity index (χ1v) is 13.0. The zero-order chi connectivity index (χ0) is 24.1. The van der Waals surface area contributed by atoms with Crippen LogP contribution in [-0.2, 0) is 14.8 Å². The molecule has 1 aliphatic rings. The molecule has 1 amide bonds. The van der Waals surface area contributed by atoms with Crippen molar-refractivity contribution >= 4 is 15.9 Å². The van der Waals surface area contributed by atoms with Gasteiger partial charge >= 0.3 is 0 Å². The Balaban J connectivity index is 1.30. The van der Waals surface area contributed by atoms with Crippen molar-refractivity contribution < 1.29 is 17.6 Å². The highest BCUT2D eigenvalue weighted by Gasteiger charge is 2.29. The Labute approximate surface area is 200 Å². The fourth-order valence-corrected chi connectivity index (χ4v) is 5.69. The lowest BCUT2D eigenvalue weighted by atomic mass is 9.85. The molecule has 3 aromatic carbocycles. The van der Waals surface area contributed by atoms with Crippen LogP contribution in [0.25, 0.3) is 11.1 Å². The molecule has 0 heterocycles. The molecule has 34 heavy (non-hydrogen) atoms. The number of halogens is 1. The van der Waals surface area contributed by atoms with Gasteiger partial charge in [0.05, 0.1) is 10.9 Å². The van der Waals surface area contributed by atoms with E-state index in [0.717, 1.165) is 16.7 Å². The van der Waals surface area contributed by atoms with Gasteiger partial charge in [-0.2, -0.15) is 0 Å². The van der Waals surface area contributed by atoms with Crippen molar-refractivity contribution in [1.82, 2.24) is 10.0 Å². The maximum Gasteiger partial charge on any atom is 0.240 e. The molecule has 1 atom stereocenters. The van der Waals surface area contributed by atoms with E-state index in [0.29, 0.717) is 25.7 Å². The van der Waals surface area contributed by atoms with Crippen molar-refractivity contribution in [2.75, 3.05) is 0 Å². The second kappa shape index (κ2) is 10.5. The molecule has 0 bridgehead atoms. The van der Waals surface area contributed by atoms with Gasteiger partial charge in [-0.15, -0.1) is 0 Å². The van der Waals surface area contributed by atoms with Gasteiger partial charge in [0, 0.05) is 12.0 Å². The second-order valence-corrected chi connectivity index (χ2v) is 10.6. The van der Waals surface area contributed by atoms with Gasteiger partial charge in [0.15, 0.2) is 0 Å². The smallest absolute Gasteiger partial charge is 0.240 e. The first-order valence-electron chi connectivity index (χ1n) is 11.6. The minimum absolute atomic E-state index is 0.0466. The summed E-state index contributed by atoms with van der Waals surface area (Å²) in [5.41, 5.74) is 2.83. The van der Waals surface area contributed by atoms with Crippen molar-refractivity contribution in [2.45, 2.75) is 49.6 Å². The predicted molar refractivity (Wildman–Crippen MR) is 131 cm³/mol. The van der Waals surface area contributed by atoms with Crippen LogP contribution in [0.2, 0.25) is 0 Å². The highest BCUT2D eigenvalue weighted by atomic mass is 32.2. The normalized spacial score (nSPS) is 19.4. The maximum atomic E-state index is 13.1. The van der Waals surface area contributed by atoms with Crippen LogP contribution < -0.4 is 10.0 Å². The van der Waals surface area contributed by atoms with Crippen molar-refractivity contribution in [1.29, 1.82) is 0 Å². The van der Waals surface area contributed by atoms with Crippen molar-refractivity contribution in [3.05, 3.63) is 90.2 Å². The molecule has 4 rings (SSSR count). The van der Waals surface area contributed by atoms with Crippen molar-refractivity contribution in [3.63, 3.8) is 0 Å². The number of rotatable bonds is 7. The van der Waals surface area contributed by atoms with E-state index in [4.69, 9.17) is 0 Å². The maximum absolute atomic E-state index is 13.1. The lowest BCUT2D eigenvalue weighted by Crippen LogP contribution is -2.41. The van der Waals surface area contributed by atoms with Gasteiger partial charge in [0.2, 0.25) is 15.9 Å². The molecule has 0 spiro atoms. The van der Waals surface area contributed by atoms with Gasteiger partial charge in [0.25, 0.3) is 0 Å². The summed E-state index contributed by atoms with van der Waals surface area (Å²) < 4.78 is 41.7. The topological polar surface area (TPSA) is 75.3 Å². The van der Waals surface area contributed by atoms with Crippen LogP contribution in [0.3, 0.4) is 0 Å². The lowest BCUT2D eigenvalue weighted by Gasteiger charge is -2.29. The molecule has 7 heteroatoms. The van der Waals surface area contributed by atoms with E-state index in [2.05, 4.69) is 10.0 Å². The number of benzene rings is 3. The third-order valence-electron chi connectivity index (χ3n) is 6.42. The van der Waals surface area contributed by atoms with Gasteiger partial charge in [-0.3, -0.25) is 4.79 Å². The first-order chi connectivity index (χ1) is 16.3. The Morgan fingerprint density at radius 2 is 1.44 bits per heavy atom. The van der Waals surface area contributed by atoms with Gasteiger partial charge in [-0.25, -0.2) is 17.5 Å². The molecule has 1 unspecified atom stereocenters. The standard InChI is InChI=1S/C27H29FN2O3S/c1-19(20-7-13-24(28)14-8-20)29-27(31)23-9-15-25(16-10-23)30-34(32,33)26-17-11-22(12-18-26)21-5-3-2-4-6-21/h2-8,11-14,17-19,23,25,30H,9-10,15-16H2,1H3,(H,29,31). The van der Waals surface area contributed by atoms with E-state index < -0.39 is 10.0 Å². The fraction of sp³-hybridized carbons (Fsp3) is 0.296. The largest absolute Gasteiger partial charge is 0.349 e. The molecule has 1 saturated carbocycles. The van der Waals surface area contributed by atoms with Gasteiger partial charge in [-0.05, 0) is 73.6 Å². The van der Waals surface area contributed by atoms with E-state index in [1.807, 2.05) is 49.4 Å². The molecule has 0 radical (unpaired) electrons. The molecule has 1 fully saturated rings. The summed E-state index contributed by atoms with van der Waals surface area (Å²) in [6, 6.07) is 22.3. The number of carbonyl (C=O) groups excluding carboxylic acids is 1. The molecule has 0 aromatic heterocycles. The Kier molecular flexibility index (Phi) is 7.44. The molecular formula is C27H29FN2O3S. The molecule has 1 aliphatic carbocycles. The minimum Gasteiger partial charge on any atom is -0.349 e. The highest BCUT2D eigenvalue weighted by Crippen LogP contribution is 2.27. The molecule has 0 aliphatic heterocycles. The first kappa shape index (κ1) is 24.1. The summed E-state index contributed by atoms with van der Waals surface area (Å²) >= 11 is 0. The third kappa shape index (κ3) is 5.90. The lowest BCUT2D eigenvalue weighted by molar-refractivity contribution is -0.126. The van der Waals surface area contributed by atoms with E-state index in [1.165, 1.54) is 12.1 Å². The Hall–Kier alpha value is -3.03. The van der Waals surface area contributed by atoms with Crippen LogP contribution in [0.5, 0.6) is 0 Å². The van der Waals surface area contributed by atoms with Gasteiger partial charge < -0.3 is 5.32 Å². The highest BCUT2D eigenvalue weighted by molar-refractivity contribution is 7.89. The second-order valence-electron chi connectivity index (χ2n) is 8.84. The average molecular weight is 481 g/mol. The van der Waals surface area contributed by atoms with E-state index in [1.54, 1.807) is 24.3 Å². The van der Waals surface area contributed by atoms with E-state index >= 15 is 0 Å². The zero-order valence-corrected chi connectivity index (χ0v) is 19.9. The molecular weight excluding hydrogens is 451 g/mol. The summed E-state index contributed by atoms with van der Waals surface area (Å²) in [7, 11) is -3.64. The molecule has 178 valence electrons. The quantitative estimate of drug-likeness (QED) is 0.488. The van der Waals surface area contributed by atoms with Crippen LogP contribution >= 0.6 is 0 Å². The monoisotopic (exact) mass is 480 g/mol. The molecule has 2 N–H and O–H groups in total. The predicted octanol–water partition coefficient (Wildman–Crippen LogP) is 5.21. The van der Waals surface area contributed by atoms with Gasteiger partial charge in [0.1, 0.15) is 5.82 Å². The number of nitrogens with one attached hydrogen (secondary N) is 2. The molecule has 5 nitrogen and oxygen atoms in total. The van der Waals surface area contributed by atoms with Crippen LogP contribution in [0.1, 0.15) is 44.2 Å². The van der Waals surface area contributed by atoms with Crippen LogP contribution in [0, 0.1) is 11.7 Å². The van der Waals surface area contributed by atoms with Crippen molar-refractivity contribution in [2.24, 2.45) is 5.92 Å². The Morgan fingerprint density at radius 3 is 2.06 bits per heavy atom. The Bertz CT molecular complexity index is 1200. The zero-order valence-electron chi connectivity index (χ0n) is 19.1. The van der Waals surface area contributed by atoms with E-state index in [-0.39, 0.29) is 34.6 Å². The third-order valence-corrected chi connectivity index (χ3v) is 7.96. The van der Waals surface area contributed by atoms with Gasteiger partial charge in [-0.1, -0.05) is 54.6 Å². The Morgan fingerprint density at radius 1 is 0.853 bits per heavy atom. The number of amides is 1. The number of hydrogen-bond donors (Lipinski definition) is 2. The van der Waals surface area contributed by atoms with Crippen LogP contribution in [0.4, 0.5) is 4.39 Å². The van der Waals surface area contributed by atoms with Crippen molar-refractivity contribution in [3.8, 4) is 11.1 Å². The SMILES string of the molecule is CC(NC(=O)C1CCC(NS(=O)(=O)c2ccc(-c3ccccc3)cc2)CC1)c1ccc(F)cc1. The average Bonchev–Trinajstić information content (AvgIpc) is 2.85. The number of carbonyl (C=O) groups is 1. The minimum atomic E-state index is -3.64. The number of sulfonamides is 1. The summed E-state index contributed by atoms with van der Waals surface area (Å²) in [5, 5.41) is 2.99. The number of hydrogen-bond acceptors (Lipinski definition) is 3. The fourth-order valence-electron chi connectivity index (χ4n) is 4.38. The summed E-state index contributed by atoms with van der Waals surface area (Å²) in [5.74, 6) is -0.515. The van der Waals surface area contributed by atoms with Crippen LogP contribution in [-0.4, -0.2) is 20.4 Å². The summed E-state index contributed by atoms with van der Waals surface area (Å²) in [6.45, 7) is 1.87. The summed E-state index contributed by atoms with van der Waals surface area (Å²) in [6.07, 6.45) is 2.43.